The monoisotopic (exact) mass is 559 g/mol. The molecule has 4 N–H and O–H groups in total. The first-order valence-electron chi connectivity index (χ1n) is 14.3. The number of benzene rings is 1. The summed E-state index contributed by atoms with van der Waals surface area (Å²) in [4.78, 5) is 49.7. The molecular formula is C31H41N7O3. The second-order valence-electron chi connectivity index (χ2n) is 10.2. The molecular weight excluding hydrogens is 518 g/mol. The van der Waals surface area contributed by atoms with Crippen molar-refractivity contribution in [1.29, 1.82) is 0 Å². The van der Waals surface area contributed by atoms with E-state index in [1.807, 2.05) is 30.3 Å². The Bertz CT molecular complexity index is 1280. The molecule has 2 aliphatic rings. The number of anilines is 1. The number of Topliss-reactive ketones (excluding diaryl/α,β-unsaturated/α-hetero) is 1. The van der Waals surface area contributed by atoms with E-state index in [2.05, 4.69) is 75.5 Å². The van der Waals surface area contributed by atoms with E-state index in [9.17, 15) is 14.4 Å². The Kier molecular flexibility index (Phi) is 9.91. The van der Waals surface area contributed by atoms with E-state index in [4.69, 9.17) is 5.73 Å². The van der Waals surface area contributed by atoms with Gasteiger partial charge in [0.1, 0.15) is 17.5 Å². The van der Waals surface area contributed by atoms with Crippen LogP contribution in [0.15, 0.2) is 73.1 Å². The van der Waals surface area contributed by atoms with E-state index >= 15 is 0 Å². The van der Waals surface area contributed by atoms with Crippen LogP contribution in [0.3, 0.4) is 0 Å². The Morgan fingerprint density at radius 3 is 2.56 bits per heavy atom. The number of hydrogen-bond acceptors (Lipinski definition) is 8. The molecule has 1 fully saturated rings. The zero-order valence-corrected chi connectivity index (χ0v) is 24.1. The number of carbonyl (C=O) groups excluding carboxylic acids is 3. The Morgan fingerprint density at radius 2 is 1.88 bits per heavy atom. The van der Waals surface area contributed by atoms with Crippen molar-refractivity contribution in [2.24, 2.45) is 5.73 Å². The van der Waals surface area contributed by atoms with Crippen LogP contribution in [0.2, 0.25) is 0 Å². The number of nitrogens with two attached hydrogens (primary N) is 1. The van der Waals surface area contributed by atoms with Crippen LogP contribution in [0.4, 0.5) is 5.82 Å². The molecule has 3 heterocycles. The second-order valence-corrected chi connectivity index (χ2v) is 10.2. The maximum absolute atomic E-state index is 13.6. The summed E-state index contributed by atoms with van der Waals surface area (Å²) in [6.45, 7) is 11.0. The summed E-state index contributed by atoms with van der Waals surface area (Å²) >= 11 is 0. The van der Waals surface area contributed by atoms with Gasteiger partial charge in [0, 0.05) is 45.0 Å². The number of nitrogens with zero attached hydrogens (tertiary/aromatic N) is 4. The van der Waals surface area contributed by atoms with Crippen molar-refractivity contribution in [3.05, 3.63) is 84.2 Å². The number of amides is 2. The summed E-state index contributed by atoms with van der Waals surface area (Å²) in [5.41, 5.74) is 6.09. The molecule has 3 atom stereocenters. The molecule has 10 nitrogen and oxygen atoms in total. The fourth-order valence-corrected chi connectivity index (χ4v) is 6.00. The molecule has 3 unspecified atom stereocenters. The van der Waals surface area contributed by atoms with Gasteiger partial charge in [-0.1, -0.05) is 50.3 Å². The largest absolute Gasteiger partial charge is 0.363 e. The van der Waals surface area contributed by atoms with Gasteiger partial charge in [-0.2, -0.15) is 0 Å². The van der Waals surface area contributed by atoms with Gasteiger partial charge in [-0.05, 0) is 49.9 Å². The van der Waals surface area contributed by atoms with Crippen molar-refractivity contribution in [1.82, 2.24) is 25.4 Å². The van der Waals surface area contributed by atoms with Gasteiger partial charge in [-0.15, -0.1) is 0 Å². The number of hydrogen-bond donors (Lipinski definition) is 3. The van der Waals surface area contributed by atoms with Gasteiger partial charge in [0.2, 0.25) is 5.78 Å². The lowest BCUT2D eigenvalue weighted by atomic mass is 9.91. The van der Waals surface area contributed by atoms with Crippen LogP contribution in [0.25, 0.3) is 0 Å². The number of piperazine rings is 1. The van der Waals surface area contributed by atoms with Gasteiger partial charge in [0.05, 0.1) is 11.6 Å². The van der Waals surface area contributed by atoms with Crippen molar-refractivity contribution in [3.63, 3.8) is 0 Å². The molecule has 0 spiro atoms. The first-order valence-corrected chi connectivity index (χ1v) is 14.3. The molecule has 1 aromatic carbocycles. The van der Waals surface area contributed by atoms with Crippen molar-refractivity contribution in [2.75, 3.05) is 44.2 Å². The third-order valence-electron chi connectivity index (χ3n) is 7.96. The molecule has 4 rings (SSSR count). The molecule has 2 aromatic rings. The lowest BCUT2D eigenvalue weighted by molar-refractivity contribution is -0.137. The van der Waals surface area contributed by atoms with Crippen molar-refractivity contribution >= 4 is 23.4 Å². The van der Waals surface area contributed by atoms with E-state index in [1.165, 1.54) is 0 Å². The fraction of sp³-hybridized carbons (Fsp3) is 0.419. The van der Waals surface area contributed by atoms with Gasteiger partial charge < -0.3 is 26.2 Å². The van der Waals surface area contributed by atoms with E-state index in [-0.39, 0.29) is 12.5 Å². The van der Waals surface area contributed by atoms with E-state index < -0.39 is 29.3 Å². The number of pyridine rings is 1. The number of ketones is 1. The second kappa shape index (κ2) is 13.6. The maximum atomic E-state index is 13.6. The molecule has 1 saturated heterocycles. The Morgan fingerprint density at radius 1 is 1.12 bits per heavy atom. The zero-order valence-electron chi connectivity index (χ0n) is 24.1. The van der Waals surface area contributed by atoms with Gasteiger partial charge >= 0.3 is 0 Å². The van der Waals surface area contributed by atoms with Crippen LogP contribution in [0, 0.1) is 0 Å². The third-order valence-corrected chi connectivity index (χ3v) is 7.96. The summed E-state index contributed by atoms with van der Waals surface area (Å²) in [5.74, 6) is -1.87. The summed E-state index contributed by atoms with van der Waals surface area (Å²) in [6.07, 6.45) is 10.4. The first kappa shape index (κ1) is 30.0. The topological polar surface area (TPSA) is 124 Å². The average Bonchev–Trinajstić information content (AvgIpc) is 3.01. The fourth-order valence-electron chi connectivity index (χ4n) is 6.00. The van der Waals surface area contributed by atoms with Crippen molar-refractivity contribution < 1.29 is 14.4 Å². The molecule has 0 radical (unpaired) electrons. The van der Waals surface area contributed by atoms with E-state index in [1.54, 1.807) is 18.3 Å². The lowest BCUT2D eigenvalue weighted by Crippen LogP contribution is -2.72. The minimum Gasteiger partial charge on any atom is -0.363 e. The minimum absolute atomic E-state index is 0.0116. The number of aromatic nitrogens is 1. The van der Waals surface area contributed by atoms with Crippen LogP contribution >= 0.6 is 0 Å². The first-order chi connectivity index (χ1) is 19.8. The highest BCUT2D eigenvalue weighted by Crippen LogP contribution is 2.32. The minimum atomic E-state index is -1.09. The molecule has 218 valence electrons. The molecule has 0 bridgehead atoms. The summed E-state index contributed by atoms with van der Waals surface area (Å²) < 4.78 is 0. The van der Waals surface area contributed by atoms with Crippen LogP contribution in [-0.4, -0.2) is 89.4 Å². The molecule has 2 amide bonds. The van der Waals surface area contributed by atoms with Gasteiger partial charge in [-0.3, -0.25) is 19.3 Å². The van der Waals surface area contributed by atoms with Gasteiger partial charge in [-0.25, -0.2) is 4.98 Å². The summed E-state index contributed by atoms with van der Waals surface area (Å²) in [5, 5.41) is 6.51. The predicted octanol–water partition coefficient (Wildman–Crippen LogP) is 1.70. The van der Waals surface area contributed by atoms with Crippen molar-refractivity contribution in [2.45, 2.75) is 44.9 Å². The van der Waals surface area contributed by atoms with Crippen LogP contribution < -0.4 is 21.3 Å². The van der Waals surface area contributed by atoms with Crippen LogP contribution in [-0.2, 0) is 16.0 Å². The third kappa shape index (κ3) is 6.34. The van der Waals surface area contributed by atoms with Crippen LogP contribution in [0.1, 0.15) is 36.7 Å². The standard InChI is InChI=1S/C31H41N7O3/c1-4-37(5-2)31(16-10-11-19-38(31)6-3)26-22-36(20-18-33-26)29-24(15-12-17-34-29)30(41)35-25(27(39)28(32)40)21-23-13-8-7-9-14-23/h7-17,19,25-26,33H,4-6,18,20-22H2,1-3H3,(H2,32,40)(H,35,41). The Labute approximate surface area is 242 Å². The molecule has 1 aromatic heterocycles. The number of nitrogens with one attached hydrogen (secondary N) is 2. The van der Waals surface area contributed by atoms with Gasteiger partial charge in [0.15, 0.2) is 0 Å². The average molecular weight is 560 g/mol. The summed E-state index contributed by atoms with van der Waals surface area (Å²) in [7, 11) is 0. The number of primary amides is 1. The molecule has 0 aliphatic carbocycles. The Hall–Kier alpha value is -4.02. The summed E-state index contributed by atoms with van der Waals surface area (Å²) in [6, 6.07) is 11.5. The maximum Gasteiger partial charge on any atom is 0.287 e. The molecule has 41 heavy (non-hydrogen) atoms. The molecule has 10 heteroatoms. The normalized spacial score (nSPS) is 21.1. The van der Waals surface area contributed by atoms with Gasteiger partial charge in [0.25, 0.3) is 11.8 Å². The lowest BCUT2D eigenvalue weighted by Gasteiger charge is -2.55. The van der Waals surface area contributed by atoms with E-state index in [0.717, 1.165) is 25.2 Å². The smallest absolute Gasteiger partial charge is 0.287 e. The number of allylic oxidation sites excluding steroid dienone is 2. The number of likely N-dealkylation sites (N-methyl/N-ethyl adjacent to an activating group) is 2. The SMILES string of the molecule is CCN1C=CC=CC1(C1CN(c2ncccc2C(=O)NC(Cc2ccccc2)C(=O)C(N)=O)CCN1)N(CC)CC. The zero-order chi connectivity index (χ0) is 29.4. The van der Waals surface area contributed by atoms with Crippen molar-refractivity contribution in [3.8, 4) is 0 Å². The quantitative estimate of drug-likeness (QED) is 0.336. The number of rotatable bonds is 12. The molecule has 0 saturated carbocycles. The van der Waals surface area contributed by atoms with E-state index in [0.29, 0.717) is 31.0 Å². The van der Waals surface area contributed by atoms with Crippen LogP contribution in [0.5, 0.6) is 0 Å². The highest BCUT2D eigenvalue weighted by molar-refractivity contribution is 6.38. The number of carbonyl (C=O) groups is 3. The highest BCUT2D eigenvalue weighted by atomic mass is 16.2. The highest BCUT2D eigenvalue weighted by Gasteiger charge is 2.47. The predicted molar refractivity (Wildman–Crippen MR) is 160 cm³/mol. The Balaban J connectivity index is 1.62. The molecule has 2 aliphatic heterocycles.